The van der Waals surface area contributed by atoms with Gasteiger partial charge in [0.05, 0.1) is 11.5 Å². The van der Waals surface area contributed by atoms with E-state index in [1.54, 1.807) is 0 Å². The number of thioether (sulfide) groups is 2. The van der Waals surface area contributed by atoms with Crippen LogP contribution >= 0.6 is 23.5 Å². The maximum atomic E-state index is 8.49. The molecule has 0 fully saturated rings. The molecule has 34 heavy (non-hydrogen) atoms. The molecule has 0 amide bonds. The number of nitrogens with zero attached hydrogens (tertiary/aromatic N) is 1. The minimum atomic E-state index is -4.94. The van der Waals surface area contributed by atoms with Gasteiger partial charge in [-0.25, -0.2) is 23.2 Å². The van der Waals surface area contributed by atoms with Crippen LogP contribution in [0, 0.1) is 10.2 Å². The van der Waals surface area contributed by atoms with Gasteiger partial charge in [0.25, 0.3) is 0 Å². The molecule has 0 radical (unpaired) electrons. The molecule has 0 spiro atoms. The standard InChI is InChI=1S/C26H24NS2.ClHO4/c1-4-10-22(11-5-1)23-16-18-27(19-17-23)24(20-28-25-12-6-2-7-13-25)21-29-26-14-8-3-9-15-26;2-1(3,4)5/h1-19,24H,20-21H2;(H,2,3,4,5)/q+1;/p-1. The summed E-state index contributed by atoms with van der Waals surface area (Å²) in [7, 11) is -4.94. The molecule has 1 aromatic heterocycles. The van der Waals surface area contributed by atoms with Crippen molar-refractivity contribution in [2.24, 2.45) is 0 Å². The molecule has 4 rings (SSSR count). The maximum absolute atomic E-state index is 8.49. The van der Waals surface area contributed by atoms with E-state index in [0.717, 1.165) is 11.5 Å². The first-order valence-electron chi connectivity index (χ1n) is 10.4. The number of hydrogen-bond donors (Lipinski definition) is 0. The van der Waals surface area contributed by atoms with Crippen molar-refractivity contribution in [3.63, 3.8) is 0 Å². The summed E-state index contributed by atoms with van der Waals surface area (Å²) in [6.07, 6.45) is 4.45. The second kappa shape index (κ2) is 13.5. The molecule has 0 unspecified atom stereocenters. The molecule has 1 heterocycles. The third kappa shape index (κ3) is 9.87. The van der Waals surface area contributed by atoms with E-state index in [1.165, 1.54) is 20.9 Å². The highest BCUT2D eigenvalue weighted by Gasteiger charge is 2.19. The summed E-state index contributed by atoms with van der Waals surface area (Å²) in [5.41, 5.74) is 2.51. The molecule has 0 aliphatic heterocycles. The van der Waals surface area contributed by atoms with Crippen LogP contribution in [-0.4, -0.2) is 11.5 Å². The van der Waals surface area contributed by atoms with Crippen LogP contribution in [-0.2, 0) is 0 Å². The molecule has 0 N–H and O–H groups in total. The fourth-order valence-electron chi connectivity index (χ4n) is 3.14. The first kappa shape index (κ1) is 26.2. The molecule has 0 aliphatic carbocycles. The highest BCUT2D eigenvalue weighted by molar-refractivity contribution is 8.00. The van der Waals surface area contributed by atoms with Crippen LogP contribution in [0.4, 0.5) is 0 Å². The van der Waals surface area contributed by atoms with Crippen molar-refractivity contribution in [1.29, 1.82) is 0 Å². The van der Waals surface area contributed by atoms with Gasteiger partial charge in [0.2, 0.25) is 0 Å². The lowest BCUT2D eigenvalue weighted by Crippen LogP contribution is -2.68. The van der Waals surface area contributed by atoms with Crippen LogP contribution < -0.4 is 23.2 Å². The third-order valence-electron chi connectivity index (χ3n) is 4.75. The van der Waals surface area contributed by atoms with Gasteiger partial charge < -0.3 is 0 Å². The van der Waals surface area contributed by atoms with Crippen molar-refractivity contribution in [3.05, 3.63) is 116 Å². The Morgan fingerprint density at radius 3 is 1.32 bits per heavy atom. The number of pyridine rings is 1. The molecule has 5 nitrogen and oxygen atoms in total. The number of benzene rings is 3. The second-order valence-corrected chi connectivity index (χ2v) is 10.1. The van der Waals surface area contributed by atoms with E-state index >= 15 is 0 Å². The van der Waals surface area contributed by atoms with Crippen molar-refractivity contribution >= 4 is 23.5 Å². The molecule has 4 aromatic rings. The number of halogens is 1. The van der Waals surface area contributed by atoms with Gasteiger partial charge in [-0.1, -0.05) is 66.7 Å². The first-order chi connectivity index (χ1) is 16.4. The zero-order valence-electron chi connectivity index (χ0n) is 18.2. The predicted octanol–water partition coefficient (Wildman–Crippen LogP) is 2.01. The Morgan fingerprint density at radius 1 is 0.559 bits per heavy atom. The molecule has 0 atom stereocenters. The Kier molecular flexibility index (Phi) is 10.4. The molecular weight excluding hydrogens is 490 g/mol. The van der Waals surface area contributed by atoms with Gasteiger partial charge >= 0.3 is 0 Å². The summed E-state index contributed by atoms with van der Waals surface area (Å²) >= 11 is 3.85. The van der Waals surface area contributed by atoms with Gasteiger partial charge in [-0.05, 0) is 35.4 Å². The fraction of sp³-hybridized carbons (Fsp3) is 0.115. The molecule has 3 aromatic carbocycles. The zero-order valence-corrected chi connectivity index (χ0v) is 20.6. The molecule has 0 bridgehead atoms. The van der Waals surface area contributed by atoms with Gasteiger partial charge in [-0.2, -0.15) is 0 Å². The fourth-order valence-corrected chi connectivity index (χ4v) is 5.34. The van der Waals surface area contributed by atoms with Gasteiger partial charge in [0.1, 0.15) is 0 Å². The van der Waals surface area contributed by atoms with Crippen molar-refractivity contribution in [3.8, 4) is 11.1 Å². The van der Waals surface area contributed by atoms with E-state index in [4.69, 9.17) is 18.6 Å². The van der Waals surface area contributed by atoms with E-state index in [1.807, 2.05) is 23.5 Å². The van der Waals surface area contributed by atoms with E-state index in [9.17, 15) is 0 Å². The van der Waals surface area contributed by atoms with Gasteiger partial charge in [0.15, 0.2) is 18.4 Å². The molecule has 0 aliphatic rings. The molecule has 8 heteroatoms. The zero-order chi connectivity index (χ0) is 24.2. The Balaban J connectivity index is 0.000000588. The van der Waals surface area contributed by atoms with Crippen LogP contribution in [0.25, 0.3) is 11.1 Å². The molecule has 0 saturated carbocycles. The smallest absolute Gasteiger partial charge is 0.176 e. The van der Waals surface area contributed by atoms with Crippen LogP contribution in [0.3, 0.4) is 0 Å². The van der Waals surface area contributed by atoms with Crippen LogP contribution in [0.5, 0.6) is 0 Å². The van der Waals surface area contributed by atoms with E-state index in [2.05, 4.69) is 120 Å². The Labute approximate surface area is 210 Å². The average molecular weight is 514 g/mol. The number of aromatic nitrogens is 1. The topological polar surface area (TPSA) is 96.1 Å². The number of hydrogen-bond acceptors (Lipinski definition) is 6. The average Bonchev–Trinajstić information content (AvgIpc) is 2.85. The molecular formula is C26H24ClNO4S2. The Morgan fingerprint density at radius 2 is 0.912 bits per heavy atom. The van der Waals surface area contributed by atoms with Crippen LogP contribution in [0.2, 0.25) is 0 Å². The van der Waals surface area contributed by atoms with Crippen molar-refractivity contribution in [2.45, 2.75) is 15.8 Å². The van der Waals surface area contributed by atoms with Crippen molar-refractivity contribution in [1.82, 2.24) is 0 Å². The lowest BCUT2D eigenvalue weighted by atomic mass is 10.1. The summed E-state index contributed by atoms with van der Waals surface area (Å²) in [6.45, 7) is 0. The lowest BCUT2D eigenvalue weighted by Gasteiger charge is -2.17. The summed E-state index contributed by atoms with van der Waals surface area (Å²) in [6, 6.07) is 36.8. The van der Waals surface area contributed by atoms with Gasteiger partial charge in [-0.3, -0.25) is 0 Å². The quantitative estimate of drug-likeness (QED) is 0.264. The van der Waals surface area contributed by atoms with Crippen molar-refractivity contribution < 1.29 is 33.4 Å². The monoisotopic (exact) mass is 513 g/mol. The van der Waals surface area contributed by atoms with E-state index in [-0.39, 0.29) is 0 Å². The van der Waals surface area contributed by atoms with Gasteiger partial charge in [0, 0.05) is 21.9 Å². The summed E-state index contributed by atoms with van der Waals surface area (Å²) < 4.78 is 36.3. The largest absolute Gasteiger partial charge is 0.222 e. The third-order valence-corrected chi connectivity index (χ3v) is 7.07. The van der Waals surface area contributed by atoms with Crippen LogP contribution in [0.15, 0.2) is 125 Å². The Hall–Kier alpha value is -2.36. The minimum absolute atomic E-state index is 0.412. The Bertz CT molecular complexity index is 1050. The minimum Gasteiger partial charge on any atom is -0.222 e. The molecule has 0 saturated heterocycles. The normalized spacial score (nSPS) is 11.1. The summed E-state index contributed by atoms with van der Waals surface area (Å²) in [5, 5.41) is 0. The van der Waals surface area contributed by atoms with Gasteiger partial charge in [-0.15, -0.1) is 33.8 Å². The predicted molar refractivity (Wildman–Crippen MR) is 125 cm³/mol. The maximum Gasteiger partial charge on any atom is 0.176 e. The molecule has 176 valence electrons. The highest BCUT2D eigenvalue weighted by Crippen LogP contribution is 2.26. The van der Waals surface area contributed by atoms with E-state index in [0.29, 0.717) is 6.04 Å². The number of rotatable bonds is 8. The van der Waals surface area contributed by atoms with E-state index < -0.39 is 10.2 Å². The first-order valence-corrected chi connectivity index (χ1v) is 13.6. The highest BCUT2D eigenvalue weighted by atomic mass is 35.7. The van der Waals surface area contributed by atoms with Crippen molar-refractivity contribution in [2.75, 3.05) is 11.5 Å². The SMILES string of the molecule is [O-][Cl+3]([O-])([O-])[O-].c1ccc(SCC(CSc2ccccc2)[n+]2ccc(-c3ccccc3)cc2)cc1. The summed E-state index contributed by atoms with van der Waals surface area (Å²) in [5.74, 6) is 2.08. The second-order valence-electron chi connectivity index (χ2n) is 7.18. The summed E-state index contributed by atoms with van der Waals surface area (Å²) in [4.78, 5) is 2.65. The lowest BCUT2D eigenvalue weighted by molar-refractivity contribution is -2.00. The van der Waals surface area contributed by atoms with Crippen LogP contribution in [0.1, 0.15) is 6.04 Å².